The van der Waals surface area contributed by atoms with Gasteiger partial charge in [0.1, 0.15) is 11.5 Å². The molecule has 0 saturated heterocycles. The van der Waals surface area contributed by atoms with Crippen molar-refractivity contribution in [3.8, 4) is 5.75 Å². The van der Waals surface area contributed by atoms with Gasteiger partial charge in [-0.3, -0.25) is 0 Å². The largest absolute Gasteiger partial charge is 0.497 e. The highest BCUT2D eigenvalue weighted by Crippen LogP contribution is 2.43. The van der Waals surface area contributed by atoms with Gasteiger partial charge in [0.05, 0.1) is 19.1 Å². The van der Waals surface area contributed by atoms with Gasteiger partial charge in [0, 0.05) is 31.6 Å². The van der Waals surface area contributed by atoms with E-state index < -0.39 is 0 Å². The minimum atomic E-state index is 0.529. The standard InChI is InChI=1S/C23H23NO3.C4H10O/c1-26-19-9-10-21(22(14-19)18-7-8-18)23(24-25)13-17-12-20(27-15-17)11-16-5-3-2-4-6-16;1-3-5-4-2/h2-6,9-10,12,14-15,18,25H,7-8,11,13H2,1H3;3-4H2,1-2H3/b24-23+;. The molecule has 32 heavy (non-hydrogen) atoms. The van der Waals surface area contributed by atoms with E-state index in [4.69, 9.17) is 13.9 Å². The zero-order chi connectivity index (χ0) is 22.8. The average Bonchev–Trinajstić information content (AvgIpc) is 3.59. The van der Waals surface area contributed by atoms with Crippen LogP contribution >= 0.6 is 0 Å². The Bertz CT molecular complexity index is 988. The maximum absolute atomic E-state index is 9.66. The van der Waals surface area contributed by atoms with Crippen LogP contribution in [0.1, 0.15) is 60.6 Å². The van der Waals surface area contributed by atoms with Gasteiger partial charge in [-0.1, -0.05) is 35.5 Å². The summed E-state index contributed by atoms with van der Waals surface area (Å²) in [6, 6.07) is 18.2. The predicted molar refractivity (Wildman–Crippen MR) is 127 cm³/mol. The lowest BCUT2D eigenvalue weighted by Crippen LogP contribution is -2.08. The Hall–Kier alpha value is -3.05. The van der Waals surface area contributed by atoms with E-state index >= 15 is 0 Å². The van der Waals surface area contributed by atoms with Crippen LogP contribution in [0, 0.1) is 0 Å². The highest BCUT2D eigenvalue weighted by Gasteiger charge is 2.28. The summed E-state index contributed by atoms with van der Waals surface area (Å²) < 4.78 is 15.9. The minimum absolute atomic E-state index is 0.529. The van der Waals surface area contributed by atoms with Crippen LogP contribution in [0.3, 0.4) is 0 Å². The molecule has 1 aromatic heterocycles. The number of oxime groups is 1. The lowest BCUT2D eigenvalue weighted by atomic mass is 9.95. The van der Waals surface area contributed by atoms with Gasteiger partial charge in [0.15, 0.2) is 0 Å². The molecule has 0 radical (unpaired) electrons. The van der Waals surface area contributed by atoms with E-state index in [1.807, 2.05) is 50.2 Å². The quantitative estimate of drug-likeness (QED) is 0.246. The third-order valence-electron chi connectivity index (χ3n) is 5.42. The fraction of sp³-hybridized carbons (Fsp3) is 0.370. The van der Waals surface area contributed by atoms with Crippen molar-refractivity contribution in [3.05, 3.63) is 88.9 Å². The van der Waals surface area contributed by atoms with Crippen molar-refractivity contribution < 1.29 is 19.1 Å². The first-order chi connectivity index (χ1) is 15.7. The lowest BCUT2D eigenvalue weighted by Gasteiger charge is -2.12. The molecule has 1 N–H and O–H groups in total. The zero-order valence-electron chi connectivity index (χ0n) is 19.2. The van der Waals surface area contributed by atoms with Gasteiger partial charge in [-0.25, -0.2) is 0 Å². The molecule has 0 atom stereocenters. The summed E-state index contributed by atoms with van der Waals surface area (Å²) in [6.07, 6.45) is 5.38. The predicted octanol–water partition coefficient (Wildman–Crippen LogP) is 6.22. The summed E-state index contributed by atoms with van der Waals surface area (Å²) in [5.41, 5.74) is 5.07. The monoisotopic (exact) mass is 435 g/mol. The van der Waals surface area contributed by atoms with Crippen LogP contribution in [-0.2, 0) is 17.6 Å². The Kier molecular flexibility index (Phi) is 8.93. The van der Waals surface area contributed by atoms with Crippen LogP contribution in [0.4, 0.5) is 0 Å². The molecule has 1 heterocycles. The van der Waals surface area contributed by atoms with Crippen LogP contribution in [0.25, 0.3) is 0 Å². The number of methoxy groups -OCH3 is 1. The first-order valence-corrected chi connectivity index (χ1v) is 11.3. The Balaban J connectivity index is 0.000000523. The van der Waals surface area contributed by atoms with Crippen molar-refractivity contribution >= 4 is 5.71 Å². The lowest BCUT2D eigenvalue weighted by molar-refractivity contribution is 0.162. The summed E-state index contributed by atoms with van der Waals surface area (Å²) >= 11 is 0. The minimum Gasteiger partial charge on any atom is -0.497 e. The third kappa shape index (κ3) is 6.72. The molecule has 170 valence electrons. The first kappa shape index (κ1) is 23.6. The topological polar surface area (TPSA) is 64.2 Å². The first-order valence-electron chi connectivity index (χ1n) is 11.3. The fourth-order valence-electron chi connectivity index (χ4n) is 3.65. The SMILES string of the molecule is CCOCC.COc1ccc(/C(Cc2coc(Cc3ccccc3)c2)=N/O)c(C2CC2)c1. The molecular weight excluding hydrogens is 402 g/mol. The Morgan fingerprint density at radius 2 is 1.78 bits per heavy atom. The van der Waals surface area contributed by atoms with Gasteiger partial charge in [-0.05, 0) is 73.6 Å². The van der Waals surface area contributed by atoms with Gasteiger partial charge < -0.3 is 19.1 Å². The summed E-state index contributed by atoms with van der Waals surface area (Å²) in [5.74, 6) is 2.28. The van der Waals surface area contributed by atoms with E-state index in [0.29, 0.717) is 18.1 Å². The second kappa shape index (κ2) is 12.1. The second-order valence-corrected chi connectivity index (χ2v) is 7.82. The number of hydrogen-bond acceptors (Lipinski definition) is 5. The van der Waals surface area contributed by atoms with Gasteiger partial charge in [0.2, 0.25) is 0 Å². The number of hydrogen-bond donors (Lipinski definition) is 1. The van der Waals surface area contributed by atoms with Crippen molar-refractivity contribution in [2.75, 3.05) is 20.3 Å². The van der Waals surface area contributed by atoms with E-state index in [9.17, 15) is 5.21 Å². The van der Waals surface area contributed by atoms with Crippen molar-refractivity contribution in [2.45, 2.75) is 45.4 Å². The van der Waals surface area contributed by atoms with Crippen molar-refractivity contribution in [1.82, 2.24) is 0 Å². The molecule has 1 fully saturated rings. The molecule has 1 aliphatic rings. The third-order valence-corrected chi connectivity index (χ3v) is 5.42. The molecule has 5 nitrogen and oxygen atoms in total. The van der Waals surface area contributed by atoms with Crippen molar-refractivity contribution in [3.63, 3.8) is 0 Å². The molecule has 5 heteroatoms. The van der Waals surface area contributed by atoms with Gasteiger partial charge >= 0.3 is 0 Å². The number of furan rings is 1. The second-order valence-electron chi connectivity index (χ2n) is 7.82. The number of benzene rings is 2. The summed E-state index contributed by atoms with van der Waals surface area (Å²) in [7, 11) is 1.67. The Morgan fingerprint density at radius 3 is 2.38 bits per heavy atom. The molecule has 3 aromatic rings. The molecule has 1 saturated carbocycles. The summed E-state index contributed by atoms with van der Waals surface area (Å²) in [4.78, 5) is 0. The Labute approximate surface area is 190 Å². The molecular formula is C27H33NO4. The van der Waals surface area contributed by atoms with E-state index in [1.165, 1.54) is 24.0 Å². The highest BCUT2D eigenvalue weighted by molar-refractivity contribution is 6.03. The van der Waals surface area contributed by atoms with E-state index in [-0.39, 0.29) is 0 Å². The van der Waals surface area contributed by atoms with E-state index in [1.54, 1.807) is 13.4 Å². The smallest absolute Gasteiger partial charge is 0.119 e. The zero-order valence-corrected chi connectivity index (χ0v) is 19.2. The van der Waals surface area contributed by atoms with Crippen LogP contribution < -0.4 is 4.74 Å². The number of ether oxygens (including phenoxy) is 2. The number of nitrogens with zero attached hydrogens (tertiary/aromatic N) is 1. The highest BCUT2D eigenvalue weighted by atomic mass is 16.5. The molecule has 0 unspecified atom stereocenters. The van der Waals surface area contributed by atoms with Crippen LogP contribution in [0.15, 0.2) is 70.4 Å². The molecule has 1 aliphatic carbocycles. The Morgan fingerprint density at radius 1 is 1.03 bits per heavy atom. The number of rotatable bonds is 9. The molecule has 2 aromatic carbocycles. The summed E-state index contributed by atoms with van der Waals surface area (Å²) in [5, 5.41) is 13.3. The van der Waals surface area contributed by atoms with Crippen molar-refractivity contribution in [1.29, 1.82) is 0 Å². The van der Waals surface area contributed by atoms with Gasteiger partial charge in [0.25, 0.3) is 0 Å². The van der Waals surface area contributed by atoms with Crippen molar-refractivity contribution in [2.24, 2.45) is 5.16 Å². The van der Waals surface area contributed by atoms with Gasteiger partial charge in [-0.2, -0.15) is 0 Å². The molecule has 0 spiro atoms. The average molecular weight is 436 g/mol. The van der Waals surface area contributed by atoms with Crippen LogP contribution in [0.5, 0.6) is 5.75 Å². The van der Waals surface area contributed by atoms with Crippen LogP contribution in [0.2, 0.25) is 0 Å². The summed E-state index contributed by atoms with van der Waals surface area (Å²) in [6.45, 7) is 5.67. The van der Waals surface area contributed by atoms with E-state index in [2.05, 4.69) is 23.4 Å². The molecule has 4 rings (SSSR count). The molecule has 0 amide bonds. The van der Waals surface area contributed by atoms with Gasteiger partial charge in [-0.15, -0.1) is 0 Å². The maximum atomic E-state index is 9.66. The van der Waals surface area contributed by atoms with E-state index in [0.717, 1.165) is 42.3 Å². The maximum Gasteiger partial charge on any atom is 0.119 e. The normalized spacial score (nSPS) is 13.4. The van der Waals surface area contributed by atoms with Crippen LogP contribution in [-0.4, -0.2) is 31.2 Å². The molecule has 0 aliphatic heterocycles. The fourth-order valence-corrected chi connectivity index (χ4v) is 3.65. The molecule has 0 bridgehead atoms.